The second-order valence-corrected chi connectivity index (χ2v) is 7.60. The Bertz CT molecular complexity index is 740. The Morgan fingerprint density at radius 2 is 1.62 bits per heavy atom. The Hall–Kier alpha value is -1.37. The summed E-state index contributed by atoms with van der Waals surface area (Å²) < 4.78 is 40.7. The lowest BCUT2D eigenvalue weighted by atomic mass is 9.77. The van der Waals surface area contributed by atoms with E-state index in [1.54, 1.807) is 11.3 Å². The Morgan fingerprint density at radius 1 is 0.958 bits per heavy atom. The van der Waals surface area contributed by atoms with Crippen LogP contribution in [0, 0.1) is 17.5 Å². The van der Waals surface area contributed by atoms with Crippen LogP contribution in [0.2, 0.25) is 0 Å². The fourth-order valence-electron chi connectivity index (χ4n) is 4.10. The van der Waals surface area contributed by atoms with Gasteiger partial charge in [-0.15, -0.1) is 0 Å². The Kier molecular flexibility index (Phi) is 4.14. The molecule has 24 heavy (non-hydrogen) atoms. The number of hydrogen-bond acceptors (Lipinski definition) is 3. The zero-order chi connectivity index (χ0) is 16.8. The minimum atomic E-state index is -1.15. The summed E-state index contributed by atoms with van der Waals surface area (Å²) in [6.07, 6.45) is 2.33. The summed E-state index contributed by atoms with van der Waals surface area (Å²) in [5.74, 6) is -3.12. The van der Waals surface area contributed by atoms with Crippen molar-refractivity contribution in [2.75, 3.05) is 0 Å². The Morgan fingerprint density at radius 3 is 2.29 bits per heavy atom. The van der Waals surface area contributed by atoms with E-state index < -0.39 is 17.5 Å². The van der Waals surface area contributed by atoms with Gasteiger partial charge in [0.1, 0.15) is 5.82 Å². The molecule has 2 aliphatic rings. The molecule has 1 aliphatic carbocycles. The summed E-state index contributed by atoms with van der Waals surface area (Å²) in [5.41, 5.74) is 9.29. The first-order chi connectivity index (χ1) is 11.5. The number of halogens is 3. The smallest absolute Gasteiger partial charge is 0.161 e. The van der Waals surface area contributed by atoms with Gasteiger partial charge in [0, 0.05) is 37.2 Å². The molecule has 1 fully saturated rings. The van der Waals surface area contributed by atoms with Crippen LogP contribution in [0.3, 0.4) is 0 Å². The van der Waals surface area contributed by atoms with E-state index in [1.807, 2.05) is 0 Å². The molecule has 1 aromatic carbocycles. The van der Waals surface area contributed by atoms with E-state index in [4.69, 9.17) is 5.73 Å². The number of benzene rings is 1. The molecule has 0 spiro atoms. The van der Waals surface area contributed by atoms with Gasteiger partial charge in [-0.3, -0.25) is 4.90 Å². The van der Waals surface area contributed by atoms with Crippen LogP contribution in [0.4, 0.5) is 13.2 Å². The molecule has 0 radical (unpaired) electrons. The predicted molar refractivity (Wildman–Crippen MR) is 88.2 cm³/mol. The van der Waals surface area contributed by atoms with E-state index in [9.17, 15) is 13.2 Å². The fraction of sp³-hybridized carbons (Fsp3) is 0.444. The predicted octanol–water partition coefficient (Wildman–Crippen LogP) is 4.14. The lowest BCUT2D eigenvalue weighted by molar-refractivity contribution is 0.137. The highest BCUT2D eigenvalue weighted by Crippen LogP contribution is 2.38. The van der Waals surface area contributed by atoms with Crippen LogP contribution in [0.25, 0.3) is 0 Å². The second-order valence-electron chi connectivity index (χ2n) is 6.85. The van der Waals surface area contributed by atoms with Gasteiger partial charge in [-0.25, -0.2) is 13.2 Å². The summed E-state index contributed by atoms with van der Waals surface area (Å²) in [4.78, 5) is 2.43. The van der Waals surface area contributed by atoms with Crippen LogP contribution in [0.15, 0.2) is 22.9 Å². The highest BCUT2D eigenvalue weighted by molar-refractivity contribution is 7.08. The van der Waals surface area contributed by atoms with Crippen molar-refractivity contribution >= 4 is 11.3 Å². The van der Waals surface area contributed by atoms with Crippen molar-refractivity contribution in [1.82, 2.24) is 4.90 Å². The van der Waals surface area contributed by atoms with Gasteiger partial charge in [-0.1, -0.05) is 0 Å². The van der Waals surface area contributed by atoms with Crippen LogP contribution in [0.1, 0.15) is 41.9 Å². The minimum Gasteiger partial charge on any atom is -0.327 e. The van der Waals surface area contributed by atoms with E-state index in [0.717, 1.165) is 32.0 Å². The lowest BCUT2D eigenvalue weighted by Gasteiger charge is -2.38. The van der Waals surface area contributed by atoms with Crippen molar-refractivity contribution in [3.8, 4) is 0 Å². The Labute approximate surface area is 143 Å². The Balaban J connectivity index is 1.47. The van der Waals surface area contributed by atoms with Crippen LogP contribution in [-0.4, -0.2) is 17.0 Å². The van der Waals surface area contributed by atoms with Crippen molar-refractivity contribution < 1.29 is 13.2 Å². The minimum absolute atomic E-state index is 0.208. The number of rotatable bonds is 2. The maximum absolute atomic E-state index is 14.1. The first-order valence-electron chi connectivity index (χ1n) is 8.21. The number of hydrogen-bond donors (Lipinski definition) is 1. The summed E-state index contributed by atoms with van der Waals surface area (Å²) in [7, 11) is 0. The highest BCUT2D eigenvalue weighted by atomic mass is 32.1. The van der Waals surface area contributed by atoms with Gasteiger partial charge < -0.3 is 5.73 Å². The van der Waals surface area contributed by atoms with E-state index in [-0.39, 0.29) is 17.5 Å². The molecule has 2 nitrogen and oxygen atoms in total. The molecular weight excluding hydrogens is 333 g/mol. The molecule has 1 aliphatic heterocycles. The largest absolute Gasteiger partial charge is 0.327 e. The van der Waals surface area contributed by atoms with Gasteiger partial charge in [0.05, 0.1) is 0 Å². The number of fused-ring (bicyclic) bond motifs is 1. The quantitative estimate of drug-likeness (QED) is 0.823. The van der Waals surface area contributed by atoms with E-state index in [1.165, 1.54) is 11.1 Å². The van der Waals surface area contributed by atoms with Crippen molar-refractivity contribution in [3.05, 3.63) is 57.0 Å². The average Bonchev–Trinajstić information content (AvgIpc) is 3.13. The number of nitrogens with two attached hydrogens (primary N) is 1. The van der Waals surface area contributed by atoms with Crippen molar-refractivity contribution in [1.29, 1.82) is 0 Å². The SMILES string of the molecule is N[C@H]1C[C@@H](N2Cc3cscc3C2)CCC1c1cc(F)c(F)cc1F. The zero-order valence-corrected chi connectivity index (χ0v) is 14.0. The summed E-state index contributed by atoms with van der Waals surface area (Å²) in [6, 6.07) is 1.72. The maximum Gasteiger partial charge on any atom is 0.161 e. The van der Waals surface area contributed by atoms with E-state index in [2.05, 4.69) is 15.7 Å². The maximum atomic E-state index is 14.1. The van der Waals surface area contributed by atoms with Crippen LogP contribution in [-0.2, 0) is 13.1 Å². The molecule has 1 aromatic heterocycles. The summed E-state index contributed by atoms with van der Waals surface area (Å²) in [6.45, 7) is 1.89. The number of nitrogens with zero attached hydrogens (tertiary/aromatic N) is 1. The van der Waals surface area contributed by atoms with Crippen LogP contribution >= 0.6 is 11.3 Å². The molecule has 4 rings (SSSR count). The third-order valence-corrected chi connectivity index (χ3v) is 6.25. The van der Waals surface area contributed by atoms with Gasteiger partial charge in [-0.05, 0) is 52.8 Å². The number of thiophene rings is 1. The molecule has 6 heteroatoms. The zero-order valence-electron chi connectivity index (χ0n) is 13.1. The third kappa shape index (κ3) is 2.76. The molecule has 0 saturated heterocycles. The van der Waals surface area contributed by atoms with Gasteiger partial charge in [0.15, 0.2) is 11.6 Å². The van der Waals surface area contributed by atoms with Crippen LogP contribution in [0.5, 0.6) is 0 Å². The normalized spacial score (nSPS) is 27.4. The highest BCUT2D eigenvalue weighted by Gasteiger charge is 2.35. The topological polar surface area (TPSA) is 29.3 Å². The van der Waals surface area contributed by atoms with Gasteiger partial charge in [0.25, 0.3) is 0 Å². The monoisotopic (exact) mass is 352 g/mol. The molecular formula is C18H19F3N2S. The molecule has 0 bridgehead atoms. The molecule has 1 unspecified atom stereocenters. The molecule has 2 heterocycles. The second kappa shape index (κ2) is 6.17. The van der Waals surface area contributed by atoms with Crippen molar-refractivity contribution in [2.24, 2.45) is 5.73 Å². The van der Waals surface area contributed by atoms with Gasteiger partial charge in [-0.2, -0.15) is 11.3 Å². The first-order valence-corrected chi connectivity index (χ1v) is 9.15. The summed E-state index contributed by atoms with van der Waals surface area (Å²) in [5, 5.41) is 4.38. The molecule has 3 atom stereocenters. The van der Waals surface area contributed by atoms with E-state index >= 15 is 0 Å². The standard InChI is InChI=1S/C18H19F3N2S/c19-15-5-17(21)16(20)4-14(15)13-2-1-12(3-18(13)22)23-6-10-8-24-9-11(10)7-23/h4-5,8-9,12-13,18H,1-3,6-7,22H2/t12-,13?,18-/m0/s1. The van der Waals surface area contributed by atoms with Crippen molar-refractivity contribution in [3.63, 3.8) is 0 Å². The van der Waals surface area contributed by atoms with Crippen molar-refractivity contribution in [2.45, 2.75) is 50.4 Å². The first kappa shape index (κ1) is 16.1. The van der Waals surface area contributed by atoms with Crippen LogP contribution < -0.4 is 5.73 Å². The molecule has 1 saturated carbocycles. The summed E-state index contributed by atoms with van der Waals surface area (Å²) >= 11 is 1.73. The average molecular weight is 352 g/mol. The molecule has 2 N–H and O–H groups in total. The third-order valence-electron chi connectivity index (χ3n) is 5.41. The molecule has 0 amide bonds. The van der Waals surface area contributed by atoms with Gasteiger partial charge in [0.2, 0.25) is 0 Å². The molecule has 2 aromatic rings. The van der Waals surface area contributed by atoms with E-state index in [0.29, 0.717) is 18.5 Å². The van der Waals surface area contributed by atoms with Gasteiger partial charge >= 0.3 is 0 Å². The molecule has 128 valence electrons. The lowest BCUT2D eigenvalue weighted by Crippen LogP contribution is -2.44. The fourth-order valence-corrected chi connectivity index (χ4v) is 4.95.